The third-order valence-electron chi connectivity index (χ3n) is 4.41. The van der Waals surface area contributed by atoms with Gasteiger partial charge in [0.1, 0.15) is 0 Å². The highest BCUT2D eigenvalue weighted by molar-refractivity contribution is 4.96. The van der Waals surface area contributed by atoms with Gasteiger partial charge in [0.2, 0.25) is 0 Å². The fraction of sp³-hybridized carbons (Fsp3) is 1.00. The number of aliphatic hydroxyl groups is 1. The first-order valence-corrected chi connectivity index (χ1v) is 6.23. The van der Waals surface area contributed by atoms with Crippen LogP contribution in [0.5, 0.6) is 0 Å². The van der Waals surface area contributed by atoms with Gasteiger partial charge < -0.3 is 5.11 Å². The predicted octanol–water partition coefficient (Wildman–Crippen LogP) is 1.63. The molecule has 0 spiro atoms. The molecule has 1 N–H and O–H groups in total. The second kappa shape index (κ2) is 3.49. The molecule has 2 bridgehead atoms. The molecule has 80 valence electrons. The average molecular weight is 195 g/mol. The van der Waals surface area contributed by atoms with Crippen molar-refractivity contribution in [3.8, 4) is 0 Å². The van der Waals surface area contributed by atoms with Crippen LogP contribution < -0.4 is 0 Å². The van der Waals surface area contributed by atoms with Gasteiger partial charge in [-0.2, -0.15) is 0 Å². The van der Waals surface area contributed by atoms with Gasteiger partial charge in [-0.1, -0.05) is 0 Å². The van der Waals surface area contributed by atoms with Crippen LogP contribution in [0.15, 0.2) is 0 Å². The summed E-state index contributed by atoms with van der Waals surface area (Å²) in [5, 5.41) is 9.22. The van der Waals surface area contributed by atoms with Gasteiger partial charge >= 0.3 is 0 Å². The van der Waals surface area contributed by atoms with E-state index in [9.17, 15) is 5.11 Å². The summed E-state index contributed by atoms with van der Waals surface area (Å²) in [6.45, 7) is 1.79. The standard InChI is InChI=1S/C12H21NO/c14-8-10-5-11-3-4-12(6-10)13(11)7-9-1-2-9/h9-12,14H,1-8H2/t11-,12-/m0/s1. The highest BCUT2D eigenvalue weighted by Crippen LogP contribution is 2.41. The maximum atomic E-state index is 9.22. The van der Waals surface area contributed by atoms with Crippen LogP contribution in [-0.2, 0) is 0 Å². The number of fused-ring (bicyclic) bond motifs is 2. The van der Waals surface area contributed by atoms with Gasteiger partial charge in [0.05, 0.1) is 0 Å². The minimum Gasteiger partial charge on any atom is -0.396 e. The summed E-state index contributed by atoms with van der Waals surface area (Å²) in [4.78, 5) is 2.77. The molecule has 1 saturated carbocycles. The van der Waals surface area contributed by atoms with Crippen LogP contribution in [0.2, 0.25) is 0 Å². The molecule has 2 heteroatoms. The van der Waals surface area contributed by atoms with Gasteiger partial charge in [0.15, 0.2) is 0 Å². The zero-order valence-electron chi connectivity index (χ0n) is 8.86. The summed E-state index contributed by atoms with van der Waals surface area (Å²) in [6.07, 6.45) is 8.26. The van der Waals surface area contributed by atoms with Gasteiger partial charge in [-0.05, 0) is 50.4 Å². The Morgan fingerprint density at radius 3 is 2.07 bits per heavy atom. The normalized spacial score (nSPS) is 43.1. The molecule has 2 aliphatic heterocycles. The maximum Gasteiger partial charge on any atom is 0.0460 e. The third kappa shape index (κ3) is 1.59. The molecule has 1 aliphatic carbocycles. The molecule has 3 rings (SSSR count). The molecule has 3 fully saturated rings. The van der Waals surface area contributed by atoms with E-state index in [0.717, 1.165) is 18.0 Å². The summed E-state index contributed by atoms with van der Waals surface area (Å²) >= 11 is 0. The fourth-order valence-electron chi connectivity index (χ4n) is 3.43. The summed E-state index contributed by atoms with van der Waals surface area (Å²) < 4.78 is 0. The summed E-state index contributed by atoms with van der Waals surface area (Å²) in [6, 6.07) is 1.65. The van der Waals surface area contributed by atoms with Gasteiger partial charge in [0.25, 0.3) is 0 Å². The first-order valence-electron chi connectivity index (χ1n) is 6.23. The maximum absolute atomic E-state index is 9.22. The summed E-state index contributed by atoms with van der Waals surface area (Å²) in [5.41, 5.74) is 0. The summed E-state index contributed by atoms with van der Waals surface area (Å²) in [7, 11) is 0. The Labute approximate surface area is 86.3 Å². The van der Waals surface area contributed by atoms with Crippen molar-refractivity contribution >= 4 is 0 Å². The number of hydrogen-bond acceptors (Lipinski definition) is 2. The molecule has 2 saturated heterocycles. The molecule has 0 amide bonds. The lowest BCUT2D eigenvalue weighted by Crippen LogP contribution is -2.44. The number of piperidine rings is 1. The third-order valence-corrected chi connectivity index (χ3v) is 4.41. The van der Waals surface area contributed by atoms with E-state index < -0.39 is 0 Å². The SMILES string of the molecule is OCC1C[C@@H]2CC[C@@H](C1)N2CC1CC1. The second-order valence-electron chi connectivity index (χ2n) is 5.55. The molecule has 2 atom stereocenters. The lowest BCUT2D eigenvalue weighted by atomic mass is 9.91. The Morgan fingerprint density at radius 1 is 0.929 bits per heavy atom. The average Bonchev–Trinajstić information content (AvgIpc) is 2.95. The van der Waals surface area contributed by atoms with Crippen molar-refractivity contribution < 1.29 is 5.11 Å². The van der Waals surface area contributed by atoms with Crippen molar-refractivity contribution in [3.63, 3.8) is 0 Å². The van der Waals surface area contributed by atoms with Crippen LogP contribution in [0, 0.1) is 11.8 Å². The van der Waals surface area contributed by atoms with Gasteiger partial charge in [-0.3, -0.25) is 4.90 Å². The van der Waals surface area contributed by atoms with Gasteiger partial charge in [0, 0.05) is 25.2 Å². The van der Waals surface area contributed by atoms with Crippen LogP contribution in [-0.4, -0.2) is 35.2 Å². The molecule has 2 heterocycles. The number of hydrogen-bond donors (Lipinski definition) is 1. The van der Waals surface area contributed by atoms with E-state index in [0.29, 0.717) is 12.5 Å². The molecular weight excluding hydrogens is 174 g/mol. The van der Waals surface area contributed by atoms with Gasteiger partial charge in [-0.25, -0.2) is 0 Å². The van der Waals surface area contributed by atoms with Crippen molar-refractivity contribution in [2.45, 2.75) is 50.6 Å². The smallest absolute Gasteiger partial charge is 0.0460 e. The molecule has 0 aromatic rings. The first-order chi connectivity index (χ1) is 6.86. The van der Waals surface area contributed by atoms with Crippen molar-refractivity contribution in [3.05, 3.63) is 0 Å². The summed E-state index contributed by atoms with van der Waals surface area (Å²) in [5.74, 6) is 1.65. The highest BCUT2D eigenvalue weighted by Gasteiger charge is 2.42. The number of aliphatic hydroxyl groups excluding tert-OH is 1. The minimum atomic E-state index is 0.421. The Morgan fingerprint density at radius 2 is 1.57 bits per heavy atom. The number of nitrogens with zero attached hydrogens (tertiary/aromatic N) is 1. The quantitative estimate of drug-likeness (QED) is 0.740. The van der Waals surface area contributed by atoms with E-state index in [1.54, 1.807) is 0 Å². The van der Waals surface area contributed by atoms with Crippen LogP contribution in [0.25, 0.3) is 0 Å². The number of rotatable bonds is 3. The van der Waals surface area contributed by atoms with Crippen molar-refractivity contribution in [1.82, 2.24) is 4.90 Å². The van der Waals surface area contributed by atoms with Crippen molar-refractivity contribution in [2.75, 3.05) is 13.2 Å². The van der Waals surface area contributed by atoms with Crippen LogP contribution in [0.3, 0.4) is 0 Å². The van der Waals surface area contributed by atoms with Crippen LogP contribution in [0.4, 0.5) is 0 Å². The molecule has 0 unspecified atom stereocenters. The van der Waals surface area contributed by atoms with Crippen LogP contribution >= 0.6 is 0 Å². The Hall–Kier alpha value is -0.0800. The Kier molecular flexibility index (Phi) is 2.29. The Balaban J connectivity index is 1.64. The molecule has 0 aromatic carbocycles. The largest absolute Gasteiger partial charge is 0.396 e. The molecule has 2 nitrogen and oxygen atoms in total. The predicted molar refractivity (Wildman–Crippen MR) is 56.0 cm³/mol. The molecular formula is C12H21NO. The van der Waals surface area contributed by atoms with Gasteiger partial charge in [-0.15, -0.1) is 0 Å². The van der Waals surface area contributed by atoms with Crippen molar-refractivity contribution in [1.29, 1.82) is 0 Å². The Bertz CT molecular complexity index is 200. The van der Waals surface area contributed by atoms with Crippen molar-refractivity contribution in [2.24, 2.45) is 11.8 Å². The molecule has 14 heavy (non-hydrogen) atoms. The van der Waals surface area contributed by atoms with Crippen LogP contribution in [0.1, 0.15) is 38.5 Å². The second-order valence-corrected chi connectivity index (χ2v) is 5.55. The lowest BCUT2D eigenvalue weighted by Gasteiger charge is -2.38. The molecule has 0 aromatic heterocycles. The molecule has 0 radical (unpaired) electrons. The zero-order chi connectivity index (χ0) is 9.54. The highest BCUT2D eigenvalue weighted by atomic mass is 16.3. The monoisotopic (exact) mass is 195 g/mol. The fourth-order valence-corrected chi connectivity index (χ4v) is 3.43. The topological polar surface area (TPSA) is 23.5 Å². The zero-order valence-corrected chi connectivity index (χ0v) is 8.86. The van der Waals surface area contributed by atoms with E-state index in [1.807, 2.05) is 0 Å². The van der Waals surface area contributed by atoms with E-state index in [1.165, 1.54) is 45.1 Å². The van der Waals surface area contributed by atoms with E-state index in [2.05, 4.69) is 4.90 Å². The first kappa shape index (κ1) is 9.17. The minimum absolute atomic E-state index is 0.421. The lowest BCUT2D eigenvalue weighted by molar-refractivity contribution is 0.0705. The van der Waals surface area contributed by atoms with E-state index in [-0.39, 0.29) is 0 Å². The molecule has 3 aliphatic rings. The van der Waals surface area contributed by atoms with E-state index in [4.69, 9.17) is 0 Å². The van der Waals surface area contributed by atoms with E-state index >= 15 is 0 Å².